The lowest BCUT2D eigenvalue weighted by Gasteiger charge is -2.10. The van der Waals surface area contributed by atoms with Crippen LogP contribution in [0.5, 0.6) is 0 Å². The molecule has 2 rings (SSSR count). The van der Waals surface area contributed by atoms with Crippen molar-refractivity contribution >= 4 is 21.6 Å². The number of carbonyl (C=O) groups is 1. The van der Waals surface area contributed by atoms with Crippen LogP contribution in [0, 0.1) is 6.92 Å². The third-order valence-corrected chi connectivity index (χ3v) is 3.84. The third-order valence-electron chi connectivity index (χ3n) is 3.25. The Morgan fingerprint density at radius 2 is 2.04 bits per heavy atom. The minimum absolute atomic E-state index is 0.182. The fourth-order valence-corrected chi connectivity index (χ4v) is 2.77. The van der Waals surface area contributed by atoms with Gasteiger partial charge in [-0.2, -0.15) is 0 Å². The number of furan rings is 1. The molecule has 0 spiro atoms. The Labute approximate surface area is 135 Å². The minimum Gasteiger partial charge on any atom is -0.469 e. The van der Waals surface area contributed by atoms with E-state index < -0.39 is 10.0 Å². The van der Waals surface area contributed by atoms with Crippen LogP contribution in [0.25, 0.3) is 0 Å². The molecule has 0 radical (unpaired) electrons. The number of carbonyl (C=O) groups excluding carboxylic acids is 1. The van der Waals surface area contributed by atoms with Crippen LogP contribution in [0.4, 0.5) is 5.69 Å². The summed E-state index contributed by atoms with van der Waals surface area (Å²) in [5.41, 5.74) is 1.67. The molecule has 0 bridgehead atoms. The number of amides is 1. The molecule has 0 aliphatic rings. The molecule has 0 saturated heterocycles. The summed E-state index contributed by atoms with van der Waals surface area (Å²) >= 11 is 0. The summed E-state index contributed by atoms with van der Waals surface area (Å²) in [6, 6.07) is 8.59. The van der Waals surface area contributed by atoms with Crippen molar-refractivity contribution in [2.24, 2.45) is 0 Å². The minimum atomic E-state index is -3.33. The van der Waals surface area contributed by atoms with Crippen LogP contribution in [0.2, 0.25) is 0 Å². The lowest BCUT2D eigenvalue weighted by atomic mass is 10.1. The molecule has 6 nitrogen and oxygen atoms in total. The van der Waals surface area contributed by atoms with Gasteiger partial charge in [0.15, 0.2) is 0 Å². The monoisotopic (exact) mass is 336 g/mol. The molecule has 1 aromatic heterocycles. The van der Waals surface area contributed by atoms with Gasteiger partial charge in [-0.25, -0.2) is 8.42 Å². The van der Waals surface area contributed by atoms with Crippen molar-refractivity contribution in [1.29, 1.82) is 0 Å². The summed E-state index contributed by atoms with van der Waals surface area (Å²) in [5, 5.41) is 2.84. The fourth-order valence-electron chi connectivity index (χ4n) is 2.14. The van der Waals surface area contributed by atoms with Crippen molar-refractivity contribution in [1.82, 2.24) is 5.32 Å². The summed E-state index contributed by atoms with van der Waals surface area (Å²) in [6.07, 6.45) is 4.27. The number of rotatable bonds is 7. The van der Waals surface area contributed by atoms with E-state index in [1.807, 2.05) is 12.1 Å². The van der Waals surface area contributed by atoms with Crippen LogP contribution in [0.15, 0.2) is 41.0 Å². The van der Waals surface area contributed by atoms with Crippen LogP contribution in [-0.4, -0.2) is 27.1 Å². The van der Waals surface area contributed by atoms with Gasteiger partial charge in [0.05, 0.1) is 18.2 Å². The zero-order valence-corrected chi connectivity index (χ0v) is 13.9. The summed E-state index contributed by atoms with van der Waals surface area (Å²) < 4.78 is 30.1. The molecule has 1 aromatic carbocycles. The predicted octanol–water partition coefficient (Wildman–Crippen LogP) is 2.32. The van der Waals surface area contributed by atoms with E-state index in [0.717, 1.165) is 24.9 Å². The molecule has 0 unspecified atom stereocenters. The first-order valence-corrected chi connectivity index (χ1v) is 9.13. The van der Waals surface area contributed by atoms with Crippen LogP contribution in [-0.2, 0) is 16.4 Å². The maximum atomic E-state index is 12.1. The maximum absolute atomic E-state index is 12.1. The summed E-state index contributed by atoms with van der Waals surface area (Å²) in [5.74, 6) is 0.713. The number of hydrogen-bond acceptors (Lipinski definition) is 4. The molecule has 23 heavy (non-hydrogen) atoms. The number of anilines is 1. The van der Waals surface area contributed by atoms with E-state index in [2.05, 4.69) is 10.0 Å². The van der Waals surface area contributed by atoms with E-state index >= 15 is 0 Å². The van der Waals surface area contributed by atoms with Crippen molar-refractivity contribution in [3.8, 4) is 0 Å². The van der Waals surface area contributed by atoms with Crippen molar-refractivity contribution in [2.45, 2.75) is 19.8 Å². The SMILES string of the molecule is Cc1cc(C(=O)NCCCc2ccco2)ccc1NS(C)(=O)=O. The molecule has 2 aromatic rings. The highest BCUT2D eigenvalue weighted by Crippen LogP contribution is 2.17. The molecule has 7 heteroatoms. The van der Waals surface area contributed by atoms with Gasteiger partial charge in [0.25, 0.3) is 5.91 Å². The molecule has 0 fully saturated rings. The Kier molecular flexibility index (Phi) is 5.44. The summed E-state index contributed by atoms with van der Waals surface area (Å²) in [7, 11) is -3.33. The van der Waals surface area contributed by atoms with Crippen LogP contribution < -0.4 is 10.0 Å². The van der Waals surface area contributed by atoms with Gasteiger partial charge in [-0.1, -0.05) is 0 Å². The zero-order chi connectivity index (χ0) is 16.9. The van der Waals surface area contributed by atoms with Crippen molar-refractivity contribution in [3.05, 3.63) is 53.5 Å². The number of hydrogen-bond donors (Lipinski definition) is 2. The average Bonchev–Trinajstić information content (AvgIpc) is 2.97. The van der Waals surface area contributed by atoms with Gasteiger partial charge in [0.1, 0.15) is 5.76 Å². The Balaban J connectivity index is 1.88. The van der Waals surface area contributed by atoms with E-state index in [1.165, 1.54) is 0 Å². The summed E-state index contributed by atoms with van der Waals surface area (Å²) in [4.78, 5) is 12.1. The zero-order valence-electron chi connectivity index (χ0n) is 13.1. The van der Waals surface area contributed by atoms with Crippen LogP contribution in [0.3, 0.4) is 0 Å². The average molecular weight is 336 g/mol. The molecule has 124 valence electrons. The lowest BCUT2D eigenvalue weighted by molar-refractivity contribution is 0.0953. The molecular weight excluding hydrogens is 316 g/mol. The topological polar surface area (TPSA) is 88.4 Å². The van der Waals surface area contributed by atoms with E-state index in [0.29, 0.717) is 23.4 Å². The van der Waals surface area contributed by atoms with Gasteiger partial charge in [0, 0.05) is 18.5 Å². The second-order valence-corrected chi connectivity index (χ2v) is 7.09. The van der Waals surface area contributed by atoms with Crippen LogP contribution >= 0.6 is 0 Å². The van der Waals surface area contributed by atoms with E-state index in [1.54, 1.807) is 31.4 Å². The molecule has 0 aliphatic heterocycles. The first-order valence-electron chi connectivity index (χ1n) is 7.24. The first kappa shape index (κ1) is 17.1. The smallest absolute Gasteiger partial charge is 0.251 e. The molecule has 1 heterocycles. The van der Waals surface area contributed by atoms with Gasteiger partial charge in [-0.3, -0.25) is 9.52 Å². The number of aryl methyl sites for hydroxylation is 2. The number of nitrogens with one attached hydrogen (secondary N) is 2. The molecule has 2 N–H and O–H groups in total. The first-order chi connectivity index (χ1) is 10.8. The Hall–Kier alpha value is -2.28. The van der Waals surface area contributed by atoms with Crippen molar-refractivity contribution < 1.29 is 17.6 Å². The van der Waals surface area contributed by atoms with Crippen molar-refractivity contribution in [3.63, 3.8) is 0 Å². The maximum Gasteiger partial charge on any atom is 0.251 e. The Morgan fingerprint density at radius 1 is 1.26 bits per heavy atom. The van der Waals surface area contributed by atoms with Gasteiger partial charge in [-0.15, -0.1) is 0 Å². The molecular formula is C16H20N2O4S. The fraction of sp³-hybridized carbons (Fsp3) is 0.312. The highest BCUT2D eigenvalue weighted by molar-refractivity contribution is 7.92. The highest BCUT2D eigenvalue weighted by atomic mass is 32.2. The standard InChI is InChI=1S/C16H20N2O4S/c1-12-11-13(7-8-15(12)18-23(2,20)21)16(19)17-9-3-5-14-6-4-10-22-14/h4,6-8,10-11,18H,3,5,9H2,1-2H3,(H,17,19). The molecule has 0 saturated carbocycles. The quantitative estimate of drug-likeness (QED) is 0.760. The van der Waals surface area contributed by atoms with E-state index in [-0.39, 0.29) is 5.91 Å². The Morgan fingerprint density at radius 3 is 2.65 bits per heavy atom. The normalized spacial score (nSPS) is 11.2. The van der Waals surface area contributed by atoms with Crippen molar-refractivity contribution in [2.75, 3.05) is 17.5 Å². The van der Waals surface area contributed by atoms with Gasteiger partial charge in [-0.05, 0) is 49.2 Å². The second kappa shape index (κ2) is 7.32. The molecule has 0 aliphatic carbocycles. The largest absolute Gasteiger partial charge is 0.469 e. The predicted molar refractivity (Wildman–Crippen MR) is 89.0 cm³/mol. The molecule has 1 amide bonds. The molecule has 0 atom stereocenters. The second-order valence-electron chi connectivity index (χ2n) is 5.34. The number of benzene rings is 1. The highest BCUT2D eigenvalue weighted by Gasteiger charge is 2.09. The van der Waals surface area contributed by atoms with Crippen LogP contribution in [0.1, 0.15) is 28.1 Å². The van der Waals surface area contributed by atoms with E-state index in [4.69, 9.17) is 4.42 Å². The Bertz CT molecular complexity index is 767. The third kappa shape index (κ3) is 5.45. The van der Waals surface area contributed by atoms with E-state index in [9.17, 15) is 13.2 Å². The number of sulfonamides is 1. The van der Waals surface area contributed by atoms with Gasteiger partial charge >= 0.3 is 0 Å². The summed E-state index contributed by atoms with van der Waals surface area (Å²) in [6.45, 7) is 2.29. The lowest BCUT2D eigenvalue weighted by Crippen LogP contribution is -2.25. The van der Waals surface area contributed by atoms with Gasteiger partial charge < -0.3 is 9.73 Å². The van der Waals surface area contributed by atoms with Gasteiger partial charge in [0.2, 0.25) is 10.0 Å².